The van der Waals surface area contributed by atoms with Gasteiger partial charge in [-0.25, -0.2) is 0 Å². The van der Waals surface area contributed by atoms with Gasteiger partial charge in [0.15, 0.2) is 6.79 Å². The van der Waals surface area contributed by atoms with Crippen LogP contribution < -0.4 is 0 Å². The van der Waals surface area contributed by atoms with E-state index in [2.05, 4.69) is 12.1 Å². The van der Waals surface area contributed by atoms with Gasteiger partial charge in [0.1, 0.15) is 5.37 Å². The standard InChI is InChI=1S/C9H10N2O2S/c1-2-4-8(5-3-1)9-11-10(6-14-9)12-7-13-11/h1-5,9H,6-7H2. The second-order valence-electron chi connectivity index (χ2n) is 3.09. The van der Waals surface area contributed by atoms with Crippen molar-refractivity contribution in [2.75, 3.05) is 12.7 Å². The van der Waals surface area contributed by atoms with E-state index in [1.807, 2.05) is 18.2 Å². The summed E-state index contributed by atoms with van der Waals surface area (Å²) in [5, 5.41) is 3.76. The van der Waals surface area contributed by atoms with Crippen molar-refractivity contribution in [3.05, 3.63) is 35.9 Å². The zero-order valence-electron chi connectivity index (χ0n) is 7.50. The summed E-state index contributed by atoms with van der Waals surface area (Å²) in [5.41, 5.74) is 1.24. The quantitative estimate of drug-likeness (QED) is 0.703. The van der Waals surface area contributed by atoms with Crippen molar-refractivity contribution < 1.29 is 9.68 Å². The first-order valence-corrected chi connectivity index (χ1v) is 5.49. The fourth-order valence-corrected chi connectivity index (χ4v) is 2.68. The number of nitrogens with zero attached hydrogens (tertiary/aromatic N) is 2. The summed E-state index contributed by atoms with van der Waals surface area (Å²) in [7, 11) is 0. The number of hydroxylamine groups is 2. The maximum Gasteiger partial charge on any atom is 0.191 e. The summed E-state index contributed by atoms with van der Waals surface area (Å²) in [6, 6.07) is 10.3. The van der Waals surface area contributed by atoms with E-state index in [0.717, 1.165) is 5.88 Å². The van der Waals surface area contributed by atoms with E-state index in [9.17, 15) is 0 Å². The Morgan fingerprint density at radius 1 is 1.21 bits per heavy atom. The molecule has 74 valence electrons. The van der Waals surface area contributed by atoms with Gasteiger partial charge < -0.3 is 0 Å². The fourth-order valence-electron chi connectivity index (χ4n) is 1.58. The molecule has 5 heteroatoms. The third-order valence-electron chi connectivity index (χ3n) is 2.23. The van der Waals surface area contributed by atoms with Crippen molar-refractivity contribution in [3.63, 3.8) is 0 Å². The summed E-state index contributed by atoms with van der Waals surface area (Å²) in [6.45, 7) is 0.323. The first-order valence-electron chi connectivity index (χ1n) is 4.44. The maximum atomic E-state index is 5.36. The lowest BCUT2D eigenvalue weighted by atomic mass is 10.2. The lowest BCUT2D eigenvalue weighted by Crippen LogP contribution is -2.28. The van der Waals surface area contributed by atoms with E-state index in [4.69, 9.17) is 9.68 Å². The largest absolute Gasteiger partial charge is 0.251 e. The number of hydrazine groups is 1. The first kappa shape index (κ1) is 8.70. The van der Waals surface area contributed by atoms with Gasteiger partial charge in [0.2, 0.25) is 0 Å². The molecule has 2 saturated heterocycles. The molecule has 4 nitrogen and oxygen atoms in total. The Bertz CT molecular complexity index is 322. The highest BCUT2D eigenvalue weighted by Crippen LogP contribution is 2.42. The lowest BCUT2D eigenvalue weighted by molar-refractivity contribution is -0.264. The van der Waals surface area contributed by atoms with Crippen LogP contribution in [0.5, 0.6) is 0 Å². The van der Waals surface area contributed by atoms with Gasteiger partial charge in [-0.15, -0.1) is 11.8 Å². The van der Waals surface area contributed by atoms with Crippen LogP contribution in [0.2, 0.25) is 0 Å². The number of thioether (sulfide) groups is 1. The molecule has 0 aliphatic carbocycles. The van der Waals surface area contributed by atoms with Gasteiger partial charge >= 0.3 is 0 Å². The van der Waals surface area contributed by atoms with E-state index in [0.29, 0.717) is 6.79 Å². The van der Waals surface area contributed by atoms with Gasteiger partial charge in [-0.1, -0.05) is 40.7 Å². The van der Waals surface area contributed by atoms with Crippen molar-refractivity contribution in [1.29, 1.82) is 0 Å². The Morgan fingerprint density at radius 2 is 2.07 bits per heavy atom. The van der Waals surface area contributed by atoms with Crippen LogP contribution in [0, 0.1) is 0 Å². The van der Waals surface area contributed by atoms with E-state index in [1.165, 1.54) is 5.56 Å². The minimum Gasteiger partial charge on any atom is -0.251 e. The molecule has 2 heterocycles. The normalized spacial score (nSPS) is 28.1. The average Bonchev–Trinajstić information content (AvgIpc) is 2.79. The van der Waals surface area contributed by atoms with E-state index in [1.54, 1.807) is 22.1 Å². The minimum atomic E-state index is 0.221. The lowest BCUT2D eigenvalue weighted by Gasteiger charge is -2.18. The van der Waals surface area contributed by atoms with Crippen molar-refractivity contribution in [1.82, 2.24) is 10.3 Å². The molecule has 2 fully saturated rings. The Labute approximate surface area is 86.3 Å². The molecule has 1 aromatic carbocycles. The predicted octanol–water partition coefficient (Wildman–Crippen LogP) is 1.74. The van der Waals surface area contributed by atoms with Gasteiger partial charge in [0.05, 0.1) is 5.88 Å². The number of hydrogen-bond donors (Lipinski definition) is 0. The van der Waals surface area contributed by atoms with E-state index >= 15 is 0 Å². The molecular formula is C9H10N2O2S. The molecule has 0 N–H and O–H groups in total. The Balaban J connectivity index is 1.86. The number of fused-ring (bicyclic) bond motifs is 1. The molecule has 2 aliphatic rings. The molecule has 0 radical (unpaired) electrons. The highest BCUT2D eigenvalue weighted by molar-refractivity contribution is 7.99. The maximum absolute atomic E-state index is 5.36. The van der Waals surface area contributed by atoms with E-state index < -0.39 is 0 Å². The molecule has 0 aromatic heterocycles. The first-order chi connectivity index (χ1) is 6.95. The van der Waals surface area contributed by atoms with Gasteiger partial charge in [0, 0.05) is 0 Å². The summed E-state index contributed by atoms with van der Waals surface area (Å²) in [6.07, 6.45) is 0. The molecule has 1 unspecified atom stereocenters. The number of rotatable bonds is 1. The average molecular weight is 210 g/mol. The zero-order chi connectivity index (χ0) is 9.38. The highest BCUT2D eigenvalue weighted by Gasteiger charge is 2.39. The zero-order valence-corrected chi connectivity index (χ0v) is 8.31. The van der Waals surface area contributed by atoms with Crippen molar-refractivity contribution in [2.24, 2.45) is 0 Å². The van der Waals surface area contributed by atoms with Crippen molar-refractivity contribution >= 4 is 11.8 Å². The smallest absolute Gasteiger partial charge is 0.191 e. The third-order valence-corrected chi connectivity index (χ3v) is 3.37. The topological polar surface area (TPSA) is 24.9 Å². The number of benzene rings is 1. The van der Waals surface area contributed by atoms with Gasteiger partial charge in [-0.3, -0.25) is 9.68 Å². The molecule has 1 atom stereocenters. The molecule has 1 aromatic rings. The predicted molar refractivity (Wildman–Crippen MR) is 52.4 cm³/mol. The van der Waals surface area contributed by atoms with Gasteiger partial charge in [-0.2, -0.15) is 0 Å². The molecule has 3 rings (SSSR count). The number of hydrogen-bond acceptors (Lipinski definition) is 5. The molecule has 0 spiro atoms. The van der Waals surface area contributed by atoms with Gasteiger partial charge in [0.25, 0.3) is 0 Å². The van der Waals surface area contributed by atoms with Crippen LogP contribution in [0.25, 0.3) is 0 Å². The summed E-state index contributed by atoms with van der Waals surface area (Å²) >= 11 is 1.79. The van der Waals surface area contributed by atoms with Crippen LogP contribution in [0.1, 0.15) is 10.9 Å². The molecule has 0 amide bonds. The van der Waals surface area contributed by atoms with Crippen LogP contribution in [0.4, 0.5) is 0 Å². The molecular weight excluding hydrogens is 200 g/mol. The van der Waals surface area contributed by atoms with Crippen molar-refractivity contribution in [2.45, 2.75) is 5.37 Å². The van der Waals surface area contributed by atoms with Crippen LogP contribution in [0.15, 0.2) is 30.3 Å². The SMILES string of the molecule is c1ccc(C2SCN3OCON23)cc1. The second kappa shape index (κ2) is 3.52. The monoisotopic (exact) mass is 210 g/mol. The summed E-state index contributed by atoms with van der Waals surface area (Å²) in [5.74, 6) is 0.819. The van der Waals surface area contributed by atoms with Crippen LogP contribution in [0.3, 0.4) is 0 Å². The van der Waals surface area contributed by atoms with Crippen LogP contribution in [-0.2, 0) is 9.68 Å². The van der Waals surface area contributed by atoms with Gasteiger partial charge in [-0.05, 0) is 5.56 Å². The van der Waals surface area contributed by atoms with Crippen molar-refractivity contribution in [3.8, 4) is 0 Å². The van der Waals surface area contributed by atoms with E-state index in [-0.39, 0.29) is 5.37 Å². The summed E-state index contributed by atoms with van der Waals surface area (Å²) in [4.78, 5) is 10.6. The van der Waals surface area contributed by atoms with Crippen LogP contribution in [-0.4, -0.2) is 23.0 Å². The summed E-state index contributed by atoms with van der Waals surface area (Å²) < 4.78 is 0. The Kier molecular flexibility index (Phi) is 2.19. The molecule has 0 bridgehead atoms. The highest BCUT2D eigenvalue weighted by atomic mass is 32.2. The molecule has 2 aliphatic heterocycles. The fraction of sp³-hybridized carbons (Fsp3) is 0.333. The Hall–Kier alpha value is -0.590. The molecule has 0 saturated carbocycles. The Morgan fingerprint density at radius 3 is 2.93 bits per heavy atom. The minimum absolute atomic E-state index is 0.221. The van der Waals surface area contributed by atoms with Crippen LogP contribution >= 0.6 is 11.8 Å². The molecule has 14 heavy (non-hydrogen) atoms. The second-order valence-corrected chi connectivity index (χ2v) is 4.13. The third kappa shape index (κ3) is 1.34.